The fraction of sp³-hybridized carbons (Fsp3) is 0.588. The van der Waals surface area contributed by atoms with E-state index in [4.69, 9.17) is 0 Å². The minimum atomic E-state index is -0.776. The first-order valence-corrected chi connectivity index (χ1v) is 7.59. The molecule has 2 rings (SSSR count). The molecule has 1 heterocycles. The largest absolute Gasteiger partial charge is 0.293 e. The molecule has 1 fully saturated rings. The second-order valence-corrected chi connectivity index (χ2v) is 6.36. The molecule has 1 unspecified atom stereocenters. The van der Waals surface area contributed by atoms with Gasteiger partial charge in [-0.25, -0.2) is 8.78 Å². The third-order valence-corrected chi connectivity index (χ3v) is 4.98. The minimum absolute atomic E-state index is 0.0206. The van der Waals surface area contributed by atoms with Crippen LogP contribution in [0.15, 0.2) is 18.2 Å². The number of Topliss-reactive ketones (excluding diaryl/α,β-unsaturated/α-hetero) is 1. The topological polar surface area (TPSA) is 20.3 Å². The number of carbonyl (C=O) groups is 1. The molecule has 0 bridgehead atoms. The van der Waals surface area contributed by atoms with Crippen molar-refractivity contribution in [3.63, 3.8) is 0 Å². The Morgan fingerprint density at radius 1 is 1.33 bits per heavy atom. The van der Waals surface area contributed by atoms with Gasteiger partial charge < -0.3 is 0 Å². The van der Waals surface area contributed by atoms with Crippen LogP contribution in [0.1, 0.15) is 50.4 Å². The van der Waals surface area contributed by atoms with Crippen molar-refractivity contribution in [2.45, 2.75) is 46.1 Å². The highest BCUT2D eigenvalue weighted by atomic mass is 19.1. The van der Waals surface area contributed by atoms with Gasteiger partial charge in [0.25, 0.3) is 0 Å². The maximum atomic E-state index is 13.7. The van der Waals surface area contributed by atoms with Crippen molar-refractivity contribution in [2.75, 3.05) is 13.1 Å². The average Bonchev–Trinajstić information content (AvgIpc) is 2.47. The van der Waals surface area contributed by atoms with Crippen LogP contribution in [0.3, 0.4) is 0 Å². The third-order valence-electron chi connectivity index (χ3n) is 4.98. The summed E-state index contributed by atoms with van der Waals surface area (Å²) in [5, 5.41) is 0. The normalized spacial score (nSPS) is 20.2. The second-order valence-electron chi connectivity index (χ2n) is 6.36. The molecule has 21 heavy (non-hydrogen) atoms. The zero-order valence-electron chi connectivity index (χ0n) is 13.0. The molecule has 116 valence electrons. The first-order chi connectivity index (χ1) is 9.86. The van der Waals surface area contributed by atoms with Gasteiger partial charge in [0.05, 0.1) is 11.6 Å². The Hall–Kier alpha value is -1.29. The molecule has 0 radical (unpaired) electrons. The van der Waals surface area contributed by atoms with Crippen LogP contribution in [0.4, 0.5) is 8.78 Å². The van der Waals surface area contributed by atoms with Crippen LogP contribution < -0.4 is 0 Å². The van der Waals surface area contributed by atoms with Crippen LogP contribution >= 0.6 is 0 Å². The van der Waals surface area contributed by atoms with Crippen molar-refractivity contribution < 1.29 is 13.6 Å². The lowest BCUT2D eigenvalue weighted by Crippen LogP contribution is -2.46. The standard InChI is InChI=1S/C17H23F2NO/c1-4-17(3)7-9-20(10-8-17)12(2)16(21)14-6-5-13(18)11-15(14)19/h5-6,11-12H,4,7-10H2,1-3H3. The van der Waals surface area contributed by atoms with Crippen LogP contribution in [0.5, 0.6) is 0 Å². The van der Waals surface area contributed by atoms with Crippen molar-refractivity contribution in [2.24, 2.45) is 5.41 Å². The van der Waals surface area contributed by atoms with Crippen LogP contribution in [0.25, 0.3) is 0 Å². The molecule has 0 aliphatic carbocycles. The smallest absolute Gasteiger partial charge is 0.182 e. The van der Waals surface area contributed by atoms with Crippen molar-refractivity contribution in [1.29, 1.82) is 0 Å². The molecular formula is C17H23F2NO. The quantitative estimate of drug-likeness (QED) is 0.781. The van der Waals surface area contributed by atoms with Gasteiger partial charge >= 0.3 is 0 Å². The predicted octanol–water partition coefficient (Wildman–Crippen LogP) is 4.05. The Morgan fingerprint density at radius 3 is 2.48 bits per heavy atom. The highest BCUT2D eigenvalue weighted by Crippen LogP contribution is 2.34. The molecule has 0 aromatic heterocycles. The van der Waals surface area contributed by atoms with Gasteiger partial charge in [0.1, 0.15) is 11.6 Å². The minimum Gasteiger partial charge on any atom is -0.293 e. The summed E-state index contributed by atoms with van der Waals surface area (Å²) in [5.74, 6) is -1.71. The maximum absolute atomic E-state index is 13.7. The van der Waals surface area contributed by atoms with E-state index in [0.717, 1.165) is 44.5 Å². The van der Waals surface area contributed by atoms with Crippen LogP contribution in [-0.2, 0) is 0 Å². The number of benzene rings is 1. The van der Waals surface area contributed by atoms with Gasteiger partial charge in [0.2, 0.25) is 0 Å². The van der Waals surface area contributed by atoms with E-state index in [1.165, 1.54) is 6.07 Å². The number of rotatable bonds is 4. The third kappa shape index (κ3) is 3.49. The van der Waals surface area contributed by atoms with E-state index in [1.54, 1.807) is 6.92 Å². The molecule has 0 amide bonds. The lowest BCUT2D eigenvalue weighted by atomic mass is 9.78. The predicted molar refractivity (Wildman–Crippen MR) is 79.4 cm³/mol. The summed E-state index contributed by atoms with van der Waals surface area (Å²) in [6.45, 7) is 7.97. The molecule has 2 nitrogen and oxygen atoms in total. The zero-order chi connectivity index (χ0) is 15.6. The summed E-state index contributed by atoms with van der Waals surface area (Å²) in [5.41, 5.74) is 0.327. The average molecular weight is 295 g/mol. The summed E-state index contributed by atoms with van der Waals surface area (Å²) in [7, 11) is 0. The summed E-state index contributed by atoms with van der Waals surface area (Å²) in [6, 6.07) is 2.77. The first-order valence-electron chi connectivity index (χ1n) is 7.59. The highest BCUT2D eigenvalue weighted by Gasteiger charge is 2.33. The van der Waals surface area contributed by atoms with E-state index in [1.807, 2.05) is 0 Å². The molecule has 1 aliphatic rings. The SMILES string of the molecule is CCC1(C)CCN(C(C)C(=O)c2ccc(F)cc2F)CC1. The Bertz CT molecular complexity index is 522. The number of likely N-dealkylation sites (tertiary alicyclic amines) is 1. The lowest BCUT2D eigenvalue weighted by molar-refractivity contribution is 0.0638. The molecule has 1 atom stereocenters. The monoisotopic (exact) mass is 295 g/mol. The van der Waals surface area contributed by atoms with Crippen LogP contribution in [0, 0.1) is 17.0 Å². The molecule has 1 saturated heterocycles. The molecule has 1 aromatic carbocycles. The van der Waals surface area contributed by atoms with Gasteiger partial charge in [0, 0.05) is 6.07 Å². The Kier molecular flexibility index (Phi) is 4.77. The van der Waals surface area contributed by atoms with Gasteiger partial charge in [-0.05, 0) is 50.4 Å². The molecule has 1 aliphatic heterocycles. The van der Waals surface area contributed by atoms with Gasteiger partial charge in [-0.2, -0.15) is 0 Å². The second kappa shape index (κ2) is 6.22. The maximum Gasteiger partial charge on any atom is 0.182 e. The number of halogens is 2. The van der Waals surface area contributed by atoms with Crippen LogP contribution in [0.2, 0.25) is 0 Å². The zero-order valence-corrected chi connectivity index (χ0v) is 13.0. The number of carbonyl (C=O) groups excluding carboxylic acids is 1. The molecule has 0 N–H and O–H groups in total. The lowest BCUT2D eigenvalue weighted by Gasteiger charge is -2.41. The van der Waals surface area contributed by atoms with Gasteiger partial charge in [-0.15, -0.1) is 0 Å². The Morgan fingerprint density at radius 2 is 1.95 bits per heavy atom. The van der Waals surface area contributed by atoms with Crippen molar-refractivity contribution in [3.05, 3.63) is 35.4 Å². The molecule has 4 heteroatoms. The van der Waals surface area contributed by atoms with E-state index in [2.05, 4.69) is 18.7 Å². The van der Waals surface area contributed by atoms with Crippen LogP contribution in [-0.4, -0.2) is 29.8 Å². The van der Waals surface area contributed by atoms with Crippen molar-refractivity contribution >= 4 is 5.78 Å². The van der Waals surface area contributed by atoms with E-state index in [0.29, 0.717) is 5.41 Å². The number of hydrogen-bond acceptors (Lipinski definition) is 2. The number of ketones is 1. The Balaban J connectivity index is 2.07. The number of piperidine rings is 1. The van der Waals surface area contributed by atoms with Gasteiger partial charge in [-0.1, -0.05) is 20.3 Å². The summed E-state index contributed by atoms with van der Waals surface area (Å²) in [6.07, 6.45) is 3.23. The first kappa shape index (κ1) is 16.1. The van der Waals surface area contributed by atoms with E-state index in [-0.39, 0.29) is 17.4 Å². The van der Waals surface area contributed by atoms with Crippen molar-refractivity contribution in [3.8, 4) is 0 Å². The summed E-state index contributed by atoms with van der Waals surface area (Å²) >= 11 is 0. The van der Waals surface area contributed by atoms with E-state index in [9.17, 15) is 13.6 Å². The molecule has 1 aromatic rings. The number of nitrogens with zero attached hydrogens (tertiary/aromatic N) is 1. The molecule has 0 spiro atoms. The van der Waals surface area contributed by atoms with E-state index >= 15 is 0 Å². The number of hydrogen-bond donors (Lipinski definition) is 0. The fourth-order valence-corrected chi connectivity index (χ4v) is 2.88. The Labute approximate surface area is 125 Å². The fourth-order valence-electron chi connectivity index (χ4n) is 2.88. The summed E-state index contributed by atoms with van der Waals surface area (Å²) in [4.78, 5) is 14.5. The van der Waals surface area contributed by atoms with Crippen molar-refractivity contribution in [1.82, 2.24) is 4.90 Å². The van der Waals surface area contributed by atoms with Gasteiger partial charge in [0.15, 0.2) is 5.78 Å². The van der Waals surface area contributed by atoms with Gasteiger partial charge in [-0.3, -0.25) is 9.69 Å². The van der Waals surface area contributed by atoms with E-state index < -0.39 is 11.6 Å². The molecule has 0 saturated carbocycles. The summed E-state index contributed by atoms with van der Waals surface area (Å²) < 4.78 is 26.7. The highest BCUT2D eigenvalue weighted by molar-refractivity contribution is 6.00. The molecular weight excluding hydrogens is 272 g/mol.